The predicted molar refractivity (Wildman–Crippen MR) is 60.5 cm³/mol. The van der Waals surface area contributed by atoms with Crippen molar-refractivity contribution >= 4 is 5.82 Å². The van der Waals surface area contributed by atoms with E-state index in [4.69, 9.17) is 0 Å². The fraction of sp³-hybridized carbons (Fsp3) is 0.273. The van der Waals surface area contributed by atoms with Gasteiger partial charge < -0.3 is 5.32 Å². The smallest absolute Gasteiger partial charge is 0.148 e. The van der Waals surface area contributed by atoms with Gasteiger partial charge in [-0.1, -0.05) is 0 Å². The van der Waals surface area contributed by atoms with Crippen LogP contribution in [0.3, 0.4) is 0 Å². The van der Waals surface area contributed by atoms with Gasteiger partial charge in [0.15, 0.2) is 0 Å². The topological polar surface area (TPSA) is 53.6 Å². The lowest BCUT2D eigenvalue weighted by Gasteiger charge is -2.04. The van der Waals surface area contributed by atoms with E-state index < -0.39 is 0 Å². The number of anilines is 1. The standard InChI is InChI=1S/C11H13FN4/c1-7(2)14-11-5-10(15-16-11)9-4-3-8(12)6-13-9/h3-7H,1-2H3,(H2,14,15,16). The summed E-state index contributed by atoms with van der Waals surface area (Å²) in [7, 11) is 0. The van der Waals surface area contributed by atoms with Gasteiger partial charge in [-0.15, -0.1) is 0 Å². The molecule has 0 radical (unpaired) electrons. The fourth-order valence-electron chi connectivity index (χ4n) is 1.36. The maximum Gasteiger partial charge on any atom is 0.148 e. The molecule has 0 bridgehead atoms. The Bertz CT molecular complexity index is 461. The van der Waals surface area contributed by atoms with Gasteiger partial charge in [0.2, 0.25) is 0 Å². The average Bonchev–Trinajstić information content (AvgIpc) is 2.66. The number of rotatable bonds is 3. The van der Waals surface area contributed by atoms with Gasteiger partial charge in [0, 0.05) is 12.1 Å². The van der Waals surface area contributed by atoms with Crippen LogP contribution in [0.2, 0.25) is 0 Å². The first-order chi connectivity index (χ1) is 7.65. The van der Waals surface area contributed by atoms with Crippen molar-refractivity contribution in [1.82, 2.24) is 15.2 Å². The van der Waals surface area contributed by atoms with Crippen molar-refractivity contribution in [3.63, 3.8) is 0 Å². The monoisotopic (exact) mass is 220 g/mol. The summed E-state index contributed by atoms with van der Waals surface area (Å²) in [6.07, 6.45) is 1.19. The molecule has 84 valence electrons. The number of H-pyrrole nitrogens is 1. The number of aromatic amines is 1. The Morgan fingerprint density at radius 1 is 1.38 bits per heavy atom. The molecule has 0 aliphatic heterocycles. The molecule has 2 aromatic heterocycles. The zero-order chi connectivity index (χ0) is 11.5. The normalized spacial score (nSPS) is 10.8. The molecule has 0 saturated heterocycles. The van der Waals surface area contributed by atoms with Gasteiger partial charge in [0.25, 0.3) is 0 Å². The van der Waals surface area contributed by atoms with Crippen molar-refractivity contribution in [3.05, 3.63) is 30.2 Å². The van der Waals surface area contributed by atoms with Crippen molar-refractivity contribution in [2.24, 2.45) is 0 Å². The van der Waals surface area contributed by atoms with Crippen molar-refractivity contribution in [1.29, 1.82) is 0 Å². The predicted octanol–water partition coefficient (Wildman–Crippen LogP) is 2.43. The molecule has 2 heterocycles. The van der Waals surface area contributed by atoms with E-state index >= 15 is 0 Å². The number of nitrogens with one attached hydrogen (secondary N) is 2. The van der Waals surface area contributed by atoms with E-state index in [-0.39, 0.29) is 5.82 Å². The zero-order valence-corrected chi connectivity index (χ0v) is 9.16. The van der Waals surface area contributed by atoms with Crippen LogP contribution < -0.4 is 5.32 Å². The Kier molecular flexibility index (Phi) is 2.85. The summed E-state index contributed by atoms with van der Waals surface area (Å²) in [5.74, 6) is 0.417. The SMILES string of the molecule is CC(C)Nc1cc(-c2ccc(F)cn2)[nH]n1. The summed E-state index contributed by atoms with van der Waals surface area (Å²) >= 11 is 0. The minimum absolute atomic E-state index is 0.317. The zero-order valence-electron chi connectivity index (χ0n) is 9.16. The molecule has 0 aliphatic carbocycles. The molecule has 2 N–H and O–H groups in total. The number of halogens is 1. The molecule has 16 heavy (non-hydrogen) atoms. The van der Waals surface area contributed by atoms with Gasteiger partial charge in [0.05, 0.1) is 17.6 Å². The molecule has 0 fully saturated rings. The lowest BCUT2D eigenvalue weighted by atomic mass is 10.2. The van der Waals surface area contributed by atoms with E-state index in [0.717, 1.165) is 11.5 Å². The Morgan fingerprint density at radius 3 is 2.81 bits per heavy atom. The van der Waals surface area contributed by atoms with E-state index in [0.29, 0.717) is 11.7 Å². The number of aromatic nitrogens is 3. The lowest BCUT2D eigenvalue weighted by Crippen LogP contribution is -2.09. The van der Waals surface area contributed by atoms with Gasteiger partial charge in [0.1, 0.15) is 11.6 Å². The van der Waals surface area contributed by atoms with Crippen molar-refractivity contribution in [2.45, 2.75) is 19.9 Å². The second-order valence-electron chi connectivity index (χ2n) is 3.83. The van der Waals surface area contributed by atoms with E-state index in [2.05, 4.69) is 20.5 Å². The molecular weight excluding hydrogens is 207 g/mol. The van der Waals surface area contributed by atoms with Gasteiger partial charge in [-0.05, 0) is 26.0 Å². The Morgan fingerprint density at radius 2 is 2.19 bits per heavy atom. The molecule has 2 rings (SSSR count). The number of nitrogens with zero attached hydrogens (tertiary/aromatic N) is 2. The highest BCUT2D eigenvalue weighted by molar-refractivity contribution is 5.58. The van der Waals surface area contributed by atoms with Crippen LogP contribution in [-0.4, -0.2) is 21.2 Å². The summed E-state index contributed by atoms with van der Waals surface area (Å²) in [6.45, 7) is 4.06. The molecular formula is C11H13FN4. The molecule has 0 spiro atoms. The van der Waals surface area contributed by atoms with Gasteiger partial charge in [-0.2, -0.15) is 5.10 Å². The summed E-state index contributed by atoms with van der Waals surface area (Å²) in [5, 5.41) is 10.1. The van der Waals surface area contributed by atoms with Gasteiger partial charge in [-0.3, -0.25) is 10.1 Å². The highest BCUT2D eigenvalue weighted by atomic mass is 19.1. The van der Waals surface area contributed by atoms with Crippen LogP contribution in [-0.2, 0) is 0 Å². The van der Waals surface area contributed by atoms with Crippen molar-refractivity contribution in [2.75, 3.05) is 5.32 Å². The third kappa shape index (κ3) is 2.36. The molecule has 0 aromatic carbocycles. The highest BCUT2D eigenvalue weighted by Crippen LogP contribution is 2.17. The van der Waals surface area contributed by atoms with Crippen LogP contribution in [0.15, 0.2) is 24.4 Å². The van der Waals surface area contributed by atoms with Crippen LogP contribution in [0, 0.1) is 5.82 Å². The average molecular weight is 220 g/mol. The summed E-state index contributed by atoms with van der Waals surface area (Å²) in [5.41, 5.74) is 1.44. The van der Waals surface area contributed by atoms with Crippen LogP contribution in [0.1, 0.15) is 13.8 Å². The van der Waals surface area contributed by atoms with Crippen LogP contribution >= 0.6 is 0 Å². The minimum Gasteiger partial charge on any atom is -0.366 e. The van der Waals surface area contributed by atoms with Crippen LogP contribution in [0.5, 0.6) is 0 Å². The molecule has 5 heteroatoms. The lowest BCUT2D eigenvalue weighted by molar-refractivity contribution is 0.622. The molecule has 4 nitrogen and oxygen atoms in total. The third-order valence-corrected chi connectivity index (χ3v) is 2.02. The molecule has 0 atom stereocenters. The molecule has 0 aliphatic rings. The second kappa shape index (κ2) is 4.30. The summed E-state index contributed by atoms with van der Waals surface area (Å²) in [4.78, 5) is 3.97. The number of pyridine rings is 1. The van der Waals surface area contributed by atoms with E-state index in [1.54, 1.807) is 6.07 Å². The minimum atomic E-state index is -0.344. The summed E-state index contributed by atoms with van der Waals surface area (Å²) in [6, 6.07) is 5.15. The molecule has 0 unspecified atom stereocenters. The highest BCUT2D eigenvalue weighted by Gasteiger charge is 2.05. The first-order valence-corrected chi connectivity index (χ1v) is 5.09. The Hall–Kier alpha value is -1.91. The molecule has 2 aromatic rings. The maximum absolute atomic E-state index is 12.7. The maximum atomic E-state index is 12.7. The number of hydrogen-bond acceptors (Lipinski definition) is 3. The second-order valence-corrected chi connectivity index (χ2v) is 3.83. The molecule has 0 saturated carbocycles. The van der Waals surface area contributed by atoms with Crippen LogP contribution in [0.4, 0.5) is 10.2 Å². The van der Waals surface area contributed by atoms with Crippen molar-refractivity contribution in [3.8, 4) is 11.4 Å². The third-order valence-electron chi connectivity index (χ3n) is 2.02. The van der Waals surface area contributed by atoms with Crippen molar-refractivity contribution < 1.29 is 4.39 Å². The van der Waals surface area contributed by atoms with E-state index in [1.807, 2.05) is 19.9 Å². The summed E-state index contributed by atoms with van der Waals surface area (Å²) < 4.78 is 12.7. The fourth-order valence-corrected chi connectivity index (χ4v) is 1.36. The van der Waals surface area contributed by atoms with E-state index in [9.17, 15) is 4.39 Å². The largest absolute Gasteiger partial charge is 0.366 e. The first-order valence-electron chi connectivity index (χ1n) is 5.09. The first kappa shape index (κ1) is 10.6. The van der Waals surface area contributed by atoms with Crippen LogP contribution in [0.25, 0.3) is 11.4 Å². The quantitative estimate of drug-likeness (QED) is 0.835. The van der Waals surface area contributed by atoms with E-state index in [1.165, 1.54) is 12.3 Å². The Balaban J connectivity index is 2.21. The Labute approximate surface area is 92.9 Å². The molecule has 0 amide bonds. The van der Waals surface area contributed by atoms with Gasteiger partial charge >= 0.3 is 0 Å². The number of hydrogen-bond donors (Lipinski definition) is 2. The van der Waals surface area contributed by atoms with Gasteiger partial charge in [-0.25, -0.2) is 4.39 Å².